The molecule has 240 valence electrons. The fourth-order valence-electron chi connectivity index (χ4n) is 6.12. The smallest absolute Gasteiger partial charge is 0.297 e. The number of aryl methyl sites for hydroxylation is 1. The van der Waals surface area contributed by atoms with Crippen LogP contribution in [0.25, 0.3) is 5.69 Å². The first-order valence-corrected chi connectivity index (χ1v) is 15.6. The summed E-state index contributed by atoms with van der Waals surface area (Å²) < 4.78 is 8.39. The van der Waals surface area contributed by atoms with Crippen LogP contribution in [0.5, 0.6) is 5.75 Å². The number of aliphatic hydroxyl groups excluding tert-OH is 1. The van der Waals surface area contributed by atoms with Gasteiger partial charge >= 0.3 is 0 Å². The van der Waals surface area contributed by atoms with Gasteiger partial charge in [-0.05, 0) is 47.9 Å². The second-order valence-electron chi connectivity index (χ2n) is 11.7. The number of anilines is 1. The first-order chi connectivity index (χ1) is 22.8. The summed E-state index contributed by atoms with van der Waals surface area (Å²) >= 11 is 0. The van der Waals surface area contributed by atoms with Crippen molar-refractivity contribution < 1.29 is 19.7 Å². The Morgan fingerprint density at radius 2 is 1.72 bits per heavy atom. The number of hydrogen-bond donors (Lipinski definition) is 2. The van der Waals surface area contributed by atoms with E-state index >= 15 is 0 Å². The quantitative estimate of drug-likeness (QED) is 0.193. The van der Waals surface area contributed by atoms with Gasteiger partial charge in [-0.2, -0.15) is 0 Å². The summed E-state index contributed by atoms with van der Waals surface area (Å²) in [6.45, 7) is 2.54. The van der Waals surface area contributed by atoms with Gasteiger partial charge in [-0.1, -0.05) is 85.0 Å². The van der Waals surface area contributed by atoms with Crippen LogP contribution in [0.4, 0.5) is 5.69 Å². The number of carbonyl (C=O) groups excluding carboxylic acids is 1. The highest BCUT2D eigenvalue weighted by Crippen LogP contribution is 2.46. The van der Waals surface area contributed by atoms with Crippen LogP contribution in [0.15, 0.2) is 120 Å². The predicted molar refractivity (Wildman–Crippen MR) is 178 cm³/mol. The van der Waals surface area contributed by atoms with Gasteiger partial charge in [0.25, 0.3) is 11.5 Å². The SMILES string of the molecule is COc1cccn(-c2ccc3c(c2)[C@](O)([C@@H](C)/C=C/CCn2cc(C(CO)c4ccccc4)nn2)C(=O)N3Cc2ccccc2)c1=O. The molecule has 5 aromatic rings. The average molecular weight is 632 g/mol. The van der Waals surface area contributed by atoms with Crippen molar-refractivity contribution in [3.8, 4) is 11.4 Å². The number of ether oxygens (including phenoxy) is 1. The monoisotopic (exact) mass is 631 g/mol. The van der Waals surface area contributed by atoms with E-state index in [0.717, 1.165) is 11.1 Å². The van der Waals surface area contributed by atoms with Gasteiger partial charge < -0.3 is 19.8 Å². The molecular weight excluding hydrogens is 594 g/mol. The van der Waals surface area contributed by atoms with Crippen LogP contribution >= 0.6 is 0 Å². The highest BCUT2D eigenvalue weighted by molar-refractivity contribution is 6.07. The van der Waals surface area contributed by atoms with Gasteiger partial charge in [0.05, 0.1) is 37.6 Å². The highest BCUT2D eigenvalue weighted by atomic mass is 16.5. The number of fused-ring (bicyclic) bond motifs is 1. The zero-order valence-corrected chi connectivity index (χ0v) is 26.3. The molecule has 1 unspecified atom stereocenters. The van der Waals surface area contributed by atoms with Gasteiger partial charge in [0.1, 0.15) is 0 Å². The molecule has 47 heavy (non-hydrogen) atoms. The number of pyridine rings is 1. The molecular formula is C37H37N5O5. The number of nitrogens with zero attached hydrogens (tertiary/aromatic N) is 5. The Morgan fingerprint density at radius 1 is 0.979 bits per heavy atom. The molecule has 0 spiro atoms. The van der Waals surface area contributed by atoms with Gasteiger partial charge in [-0.15, -0.1) is 5.10 Å². The molecule has 2 N–H and O–H groups in total. The molecule has 10 nitrogen and oxygen atoms in total. The topological polar surface area (TPSA) is 123 Å². The molecule has 0 saturated heterocycles. The van der Waals surface area contributed by atoms with Crippen LogP contribution < -0.4 is 15.2 Å². The van der Waals surface area contributed by atoms with E-state index in [2.05, 4.69) is 10.3 Å². The molecule has 1 amide bonds. The molecule has 0 saturated carbocycles. The van der Waals surface area contributed by atoms with Crippen molar-refractivity contribution in [2.75, 3.05) is 18.6 Å². The van der Waals surface area contributed by atoms with Crippen molar-refractivity contribution in [3.63, 3.8) is 0 Å². The van der Waals surface area contributed by atoms with Crippen LogP contribution in [0, 0.1) is 5.92 Å². The van der Waals surface area contributed by atoms with E-state index in [-0.39, 0.29) is 30.4 Å². The maximum atomic E-state index is 14.1. The number of carbonyl (C=O) groups is 1. The summed E-state index contributed by atoms with van der Waals surface area (Å²) in [7, 11) is 1.44. The molecule has 0 bridgehead atoms. The van der Waals surface area contributed by atoms with Crippen molar-refractivity contribution in [3.05, 3.63) is 148 Å². The fraction of sp³-hybridized carbons (Fsp3) is 0.243. The van der Waals surface area contributed by atoms with E-state index in [4.69, 9.17) is 4.74 Å². The standard InChI is InChI=1S/C37H37N5O5/c1-26(12-9-10-20-40-24-32(38-39-40)30(25-43)28-15-7-4-8-16-28)37(46)31-22-29(41-21-11-17-34(47-2)35(41)44)18-19-33(31)42(36(37)45)23-27-13-5-3-6-14-27/h3-9,11-19,21-22,24,26,30,43,46H,10,20,23,25H2,1-2H3/b12-9+/t26-,30?,37+/m0/s1. The van der Waals surface area contributed by atoms with Crippen LogP contribution in [-0.2, 0) is 23.5 Å². The Bertz CT molecular complexity index is 1940. The minimum atomic E-state index is -1.87. The third-order valence-electron chi connectivity index (χ3n) is 8.75. The maximum Gasteiger partial charge on any atom is 0.297 e. The second-order valence-corrected chi connectivity index (χ2v) is 11.7. The Balaban J connectivity index is 1.25. The Labute approximate surface area is 272 Å². The van der Waals surface area contributed by atoms with Crippen LogP contribution in [0.3, 0.4) is 0 Å². The molecule has 0 radical (unpaired) electrons. The molecule has 1 aliphatic rings. The summed E-state index contributed by atoms with van der Waals surface area (Å²) in [6.07, 6.45) is 7.81. The number of hydrogen-bond acceptors (Lipinski definition) is 7. The van der Waals surface area contributed by atoms with Crippen molar-refractivity contribution in [1.82, 2.24) is 19.6 Å². The molecule has 3 heterocycles. The number of aromatic nitrogens is 4. The number of aliphatic hydroxyl groups is 2. The molecule has 6 rings (SSSR count). The van der Waals surface area contributed by atoms with Gasteiger partial charge in [0.2, 0.25) is 0 Å². The number of benzene rings is 3. The van der Waals surface area contributed by atoms with Gasteiger partial charge in [-0.3, -0.25) is 18.8 Å². The largest absolute Gasteiger partial charge is 0.491 e. The number of rotatable bonds is 12. The number of amides is 1. The highest BCUT2D eigenvalue weighted by Gasteiger charge is 2.52. The summed E-state index contributed by atoms with van der Waals surface area (Å²) in [5, 5.41) is 30.8. The number of allylic oxidation sites excluding steroid dienone is 1. The minimum absolute atomic E-state index is 0.0797. The maximum absolute atomic E-state index is 14.1. The summed E-state index contributed by atoms with van der Waals surface area (Å²) in [5.74, 6) is -1.11. The lowest BCUT2D eigenvalue weighted by Crippen LogP contribution is -2.44. The van der Waals surface area contributed by atoms with Crippen molar-refractivity contribution in [2.45, 2.75) is 38.0 Å². The van der Waals surface area contributed by atoms with Crippen LogP contribution in [-0.4, -0.2) is 49.4 Å². The third kappa shape index (κ3) is 6.13. The van der Waals surface area contributed by atoms with E-state index in [1.54, 1.807) is 46.1 Å². The predicted octanol–water partition coefficient (Wildman–Crippen LogP) is 4.58. The molecule has 10 heteroatoms. The molecule has 0 fully saturated rings. The van der Waals surface area contributed by atoms with Gasteiger partial charge in [0.15, 0.2) is 11.4 Å². The molecule has 2 aromatic heterocycles. The van der Waals surface area contributed by atoms with E-state index in [1.807, 2.05) is 85.9 Å². The number of methoxy groups -OCH3 is 1. The van der Waals surface area contributed by atoms with Gasteiger partial charge in [0, 0.05) is 36.1 Å². The van der Waals surface area contributed by atoms with E-state index in [9.17, 15) is 19.8 Å². The van der Waals surface area contributed by atoms with Crippen molar-refractivity contribution in [1.29, 1.82) is 0 Å². The third-order valence-corrected chi connectivity index (χ3v) is 8.75. The normalized spacial score (nSPS) is 17.2. The summed E-state index contributed by atoms with van der Waals surface area (Å²) in [5.41, 5.74) is 1.89. The van der Waals surface area contributed by atoms with Crippen LogP contribution in [0.2, 0.25) is 0 Å². The minimum Gasteiger partial charge on any atom is -0.491 e. The fourth-order valence-corrected chi connectivity index (χ4v) is 6.12. The first-order valence-electron chi connectivity index (χ1n) is 15.6. The molecule has 1 aliphatic heterocycles. The Kier molecular flexibility index (Phi) is 9.15. The average Bonchev–Trinajstić information content (AvgIpc) is 3.65. The van der Waals surface area contributed by atoms with E-state index in [0.29, 0.717) is 35.6 Å². The lowest BCUT2D eigenvalue weighted by Gasteiger charge is -2.28. The van der Waals surface area contributed by atoms with Crippen molar-refractivity contribution in [2.24, 2.45) is 5.92 Å². The Morgan fingerprint density at radius 3 is 2.45 bits per heavy atom. The summed E-state index contributed by atoms with van der Waals surface area (Å²) in [4.78, 5) is 28.8. The van der Waals surface area contributed by atoms with Crippen LogP contribution in [0.1, 0.15) is 41.6 Å². The lowest BCUT2D eigenvalue weighted by atomic mass is 9.82. The molecule has 3 aromatic carbocycles. The lowest BCUT2D eigenvalue weighted by molar-refractivity contribution is -0.139. The van der Waals surface area contributed by atoms with Crippen molar-refractivity contribution >= 4 is 11.6 Å². The zero-order chi connectivity index (χ0) is 33.0. The van der Waals surface area contributed by atoms with E-state index in [1.165, 1.54) is 11.7 Å². The Hall–Kier alpha value is -5.32. The first kappa shape index (κ1) is 31.7. The second kappa shape index (κ2) is 13.6. The van der Waals surface area contributed by atoms with Gasteiger partial charge in [-0.25, -0.2) is 0 Å². The summed E-state index contributed by atoms with van der Waals surface area (Å²) in [6, 6.07) is 27.9. The molecule has 0 aliphatic carbocycles. The molecule has 3 atom stereocenters. The zero-order valence-electron chi connectivity index (χ0n) is 26.3. The van der Waals surface area contributed by atoms with E-state index < -0.39 is 17.4 Å².